The summed E-state index contributed by atoms with van der Waals surface area (Å²) in [7, 11) is 3.30. The summed E-state index contributed by atoms with van der Waals surface area (Å²) in [6.07, 6.45) is -0.0694. The van der Waals surface area contributed by atoms with Crippen LogP contribution >= 0.6 is 0 Å². The molecule has 1 amide bonds. The molecule has 0 atom stereocenters. The van der Waals surface area contributed by atoms with Gasteiger partial charge in [0, 0.05) is 14.1 Å². The normalized spacial score (nSPS) is 9.07. The van der Waals surface area contributed by atoms with Crippen LogP contribution in [0.5, 0.6) is 0 Å². The molecule has 0 saturated carbocycles. The van der Waals surface area contributed by atoms with Crippen molar-refractivity contribution in [2.75, 3.05) is 20.7 Å². The minimum absolute atomic E-state index is 0.285. The number of carbonyl (C=O) groups excluding carboxylic acids is 1. The SMILES string of the molecule is CCCC(O)O.CCOC(=O)N(C)C. The van der Waals surface area contributed by atoms with E-state index in [2.05, 4.69) is 4.74 Å². The average Bonchev–Trinajstić information content (AvgIpc) is 2.05. The molecule has 0 rings (SSSR count). The monoisotopic (exact) mass is 207 g/mol. The number of nitrogens with zero attached hydrogens (tertiary/aromatic N) is 1. The van der Waals surface area contributed by atoms with Crippen LogP contribution in [0.2, 0.25) is 0 Å². The van der Waals surface area contributed by atoms with Gasteiger partial charge in [-0.25, -0.2) is 4.79 Å². The highest BCUT2D eigenvalue weighted by Gasteiger charge is 1.99. The summed E-state index contributed by atoms with van der Waals surface area (Å²) >= 11 is 0. The highest BCUT2D eigenvalue weighted by atomic mass is 16.5. The maximum atomic E-state index is 10.4. The van der Waals surface area contributed by atoms with Crippen LogP contribution in [0.4, 0.5) is 4.79 Å². The molecule has 5 nitrogen and oxygen atoms in total. The molecule has 0 aliphatic carbocycles. The molecule has 5 heteroatoms. The highest BCUT2D eigenvalue weighted by Crippen LogP contribution is 1.88. The van der Waals surface area contributed by atoms with E-state index in [4.69, 9.17) is 10.2 Å². The van der Waals surface area contributed by atoms with Gasteiger partial charge in [-0.1, -0.05) is 13.3 Å². The Labute approximate surface area is 85.3 Å². The zero-order valence-corrected chi connectivity index (χ0v) is 9.36. The summed E-state index contributed by atoms with van der Waals surface area (Å²) in [4.78, 5) is 11.8. The predicted molar refractivity (Wildman–Crippen MR) is 53.8 cm³/mol. The van der Waals surface area contributed by atoms with Crippen LogP contribution in [0.1, 0.15) is 26.7 Å². The Kier molecular flexibility index (Phi) is 11.5. The quantitative estimate of drug-likeness (QED) is 0.672. The van der Waals surface area contributed by atoms with Crippen molar-refractivity contribution in [1.29, 1.82) is 0 Å². The fraction of sp³-hybridized carbons (Fsp3) is 0.889. The van der Waals surface area contributed by atoms with Crippen molar-refractivity contribution in [3.8, 4) is 0 Å². The molecule has 0 aromatic heterocycles. The Morgan fingerprint density at radius 1 is 1.36 bits per heavy atom. The molecule has 0 fully saturated rings. The van der Waals surface area contributed by atoms with Crippen LogP contribution in [0.15, 0.2) is 0 Å². The molecule has 0 heterocycles. The second-order valence-electron chi connectivity index (χ2n) is 2.86. The zero-order chi connectivity index (χ0) is 11.6. The summed E-state index contributed by atoms with van der Waals surface area (Å²) in [5, 5.41) is 16.2. The lowest BCUT2D eigenvalue weighted by atomic mass is 10.3. The van der Waals surface area contributed by atoms with Crippen LogP contribution in [-0.4, -0.2) is 48.2 Å². The summed E-state index contributed by atoms with van der Waals surface area (Å²) in [5.41, 5.74) is 0. The highest BCUT2D eigenvalue weighted by molar-refractivity contribution is 5.66. The van der Waals surface area contributed by atoms with E-state index in [0.29, 0.717) is 13.0 Å². The Hall–Kier alpha value is -0.810. The van der Waals surface area contributed by atoms with Crippen molar-refractivity contribution in [2.45, 2.75) is 33.0 Å². The van der Waals surface area contributed by atoms with Gasteiger partial charge in [-0.3, -0.25) is 0 Å². The van der Waals surface area contributed by atoms with Gasteiger partial charge in [0.1, 0.15) is 0 Å². The third-order valence-electron chi connectivity index (χ3n) is 1.18. The maximum Gasteiger partial charge on any atom is 0.409 e. The van der Waals surface area contributed by atoms with E-state index in [-0.39, 0.29) is 6.09 Å². The molecule has 14 heavy (non-hydrogen) atoms. The minimum Gasteiger partial charge on any atom is -0.450 e. The Morgan fingerprint density at radius 3 is 1.93 bits per heavy atom. The van der Waals surface area contributed by atoms with Gasteiger partial charge < -0.3 is 19.8 Å². The van der Waals surface area contributed by atoms with Gasteiger partial charge in [-0.2, -0.15) is 0 Å². The fourth-order valence-electron chi connectivity index (χ4n) is 0.511. The van der Waals surface area contributed by atoms with Gasteiger partial charge in [0.15, 0.2) is 6.29 Å². The van der Waals surface area contributed by atoms with Crippen molar-refractivity contribution in [1.82, 2.24) is 4.90 Å². The minimum atomic E-state index is -1.10. The predicted octanol–water partition coefficient (Wildman–Crippen LogP) is 0.802. The molecule has 0 saturated heterocycles. The van der Waals surface area contributed by atoms with Gasteiger partial charge in [0.05, 0.1) is 6.61 Å². The molecular weight excluding hydrogens is 186 g/mol. The molecule has 0 spiro atoms. The smallest absolute Gasteiger partial charge is 0.409 e. The lowest BCUT2D eigenvalue weighted by Crippen LogP contribution is -2.22. The molecule has 0 radical (unpaired) electrons. The Bertz CT molecular complexity index is 137. The number of carbonyl (C=O) groups is 1. The molecule has 0 aromatic carbocycles. The molecule has 0 aromatic rings. The summed E-state index contributed by atoms with van der Waals surface area (Å²) in [5.74, 6) is 0. The topological polar surface area (TPSA) is 70.0 Å². The Morgan fingerprint density at radius 2 is 1.86 bits per heavy atom. The second-order valence-corrected chi connectivity index (χ2v) is 2.86. The molecule has 0 bridgehead atoms. The van der Waals surface area contributed by atoms with E-state index in [0.717, 1.165) is 6.42 Å². The lowest BCUT2D eigenvalue weighted by molar-refractivity contribution is -0.0453. The first-order valence-electron chi connectivity index (χ1n) is 4.65. The van der Waals surface area contributed by atoms with Gasteiger partial charge in [-0.15, -0.1) is 0 Å². The van der Waals surface area contributed by atoms with Crippen molar-refractivity contribution in [3.63, 3.8) is 0 Å². The van der Waals surface area contributed by atoms with E-state index < -0.39 is 6.29 Å². The number of hydrogen-bond donors (Lipinski definition) is 2. The van der Waals surface area contributed by atoms with Crippen molar-refractivity contribution < 1.29 is 19.7 Å². The number of rotatable bonds is 3. The van der Waals surface area contributed by atoms with E-state index >= 15 is 0 Å². The van der Waals surface area contributed by atoms with Crippen molar-refractivity contribution in [2.24, 2.45) is 0 Å². The first-order chi connectivity index (χ1) is 6.45. The number of amides is 1. The number of ether oxygens (including phenoxy) is 1. The van der Waals surface area contributed by atoms with Gasteiger partial charge >= 0.3 is 6.09 Å². The summed E-state index contributed by atoms with van der Waals surface area (Å²) in [6, 6.07) is 0. The number of aliphatic hydroxyl groups excluding tert-OH is 1. The zero-order valence-electron chi connectivity index (χ0n) is 9.36. The second kappa shape index (κ2) is 10.3. The van der Waals surface area contributed by atoms with E-state index in [1.807, 2.05) is 6.92 Å². The van der Waals surface area contributed by atoms with Crippen LogP contribution in [-0.2, 0) is 4.74 Å². The standard InChI is InChI=1S/C5H11NO2.C4H10O2/c1-4-8-5(7)6(2)3;1-2-3-4(5)6/h4H2,1-3H3;4-6H,2-3H2,1H3. The molecule has 0 aliphatic heterocycles. The fourth-order valence-corrected chi connectivity index (χ4v) is 0.511. The van der Waals surface area contributed by atoms with Crippen LogP contribution in [0.3, 0.4) is 0 Å². The van der Waals surface area contributed by atoms with Gasteiger partial charge in [0.25, 0.3) is 0 Å². The average molecular weight is 207 g/mol. The lowest BCUT2D eigenvalue weighted by Gasteiger charge is -2.07. The first kappa shape index (κ1) is 15.7. The Balaban J connectivity index is 0. The molecule has 0 unspecified atom stereocenters. The largest absolute Gasteiger partial charge is 0.450 e. The van der Waals surface area contributed by atoms with E-state index in [1.54, 1.807) is 21.0 Å². The number of hydrogen-bond acceptors (Lipinski definition) is 4. The third-order valence-corrected chi connectivity index (χ3v) is 1.18. The van der Waals surface area contributed by atoms with Gasteiger partial charge in [0.2, 0.25) is 0 Å². The van der Waals surface area contributed by atoms with E-state index in [1.165, 1.54) is 4.90 Å². The molecule has 86 valence electrons. The van der Waals surface area contributed by atoms with Crippen molar-refractivity contribution in [3.05, 3.63) is 0 Å². The first-order valence-corrected chi connectivity index (χ1v) is 4.65. The third kappa shape index (κ3) is 13.8. The van der Waals surface area contributed by atoms with Crippen LogP contribution in [0.25, 0.3) is 0 Å². The summed E-state index contributed by atoms with van der Waals surface area (Å²) in [6.45, 7) is 4.12. The number of aliphatic hydroxyl groups is 2. The molecule has 2 N–H and O–H groups in total. The van der Waals surface area contributed by atoms with Gasteiger partial charge in [-0.05, 0) is 13.3 Å². The molecular formula is C9H21NO4. The van der Waals surface area contributed by atoms with Crippen molar-refractivity contribution >= 4 is 6.09 Å². The van der Waals surface area contributed by atoms with E-state index in [9.17, 15) is 4.79 Å². The summed E-state index contributed by atoms with van der Waals surface area (Å²) < 4.78 is 4.59. The van der Waals surface area contributed by atoms with Crippen LogP contribution < -0.4 is 0 Å². The molecule has 0 aliphatic rings. The maximum absolute atomic E-state index is 10.4. The van der Waals surface area contributed by atoms with Crippen LogP contribution in [0, 0.1) is 0 Å².